The quantitative estimate of drug-likeness (QED) is 0.864. The van der Waals surface area contributed by atoms with Gasteiger partial charge in [-0.1, -0.05) is 0 Å². The maximum absolute atomic E-state index is 12.3. The van der Waals surface area contributed by atoms with Gasteiger partial charge < -0.3 is 10.6 Å². The van der Waals surface area contributed by atoms with E-state index in [0.29, 0.717) is 0 Å². The second kappa shape index (κ2) is 4.80. The number of benzene rings is 1. The Balaban J connectivity index is 1.39. The predicted octanol–water partition coefficient (Wildman–Crippen LogP) is 2.82. The third-order valence-electron chi connectivity index (χ3n) is 5.03. The number of hydrogen-bond donors (Lipinski definition) is 2. The molecule has 1 aromatic rings. The lowest BCUT2D eigenvalue weighted by atomic mass is 9.98. The summed E-state index contributed by atoms with van der Waals surface area (Å²) in [7, 11) is 0. The van der Waals surface area contributed by atoms with Crippen LogP contribution in [0.2, 0.25) is 0 Å². The predicted molar refractivity (Wildman–Crippen MR) is 79.9 cm³/mol. The number of nitrogens with one attached hydrogen (secondary N) is 2. The van der Waals surface area contributed by atoms with Crippen LogP contribution in [0.3, 0.4) is 0 Å². The molecule has 106 valence electrons. The molecule has 20 heavy (non-hydrogen) atoms. The van der Waals surface area contributed by atoms with Gasteiger partial charge in [0.05, 0.1) is 0 Å². The van der Waals surface area contributed by atoms with Gasteiger partial charge >= 0.3 is 0 Å². The van der Waals surface area contributed by atoms with Crippen molar-refractivity contribution in [3.05, 3.63) is 29.3 Å². The van der Waals surface area contributed by atoms with Crippen LogP contribution in [0.1, 0.15) is 41.6 Å². The molecule has 0 aromatic heterocycles. The fourth-order valence-corrected chi connectivity index (χ4v) is 3.53. The lowest BCUT2D eigenvalue weighted by molar-refractivity contribution is 0.0943. The van der Waals surface area contributed by atoms with Gasteiger partial charge in [-0.3, -0.25) is 4.79 Å². The minimum Gasteiger partial charge on any atom is -0.384 e. The third-order valence-corrected chi connectivity index (χ3v) is 5.03. The fraction of sp³-hybridized carbons (Fsp3) is 0.588. The lowest BCUT2D eigenvalue weighted by Gasteiger charge is -2.16. The number of carbonyl (C=O) groups excluding carboxylic acids is 1. The third kappa shape index (κ3) is 2.41. The molecule has 3 aliphatic rings. The SMILES string of the molecule is O=C(NCC(C1CC1)C1CC1)c1ccc2c(c1)CCN2. The fourth-order valence-electron chi connectivity index (χ4n) is 3.53. The zero-order valence-electron chi connectivity index (χ0n) is 11.8. The highest BCUT2D eigenvalue weighted by Crippen LogP contribution is 2.48. The van der Waals surface area contributed by atoms with Gasteiger partial charge in [-0.05, 0) is 73.6 Å². The lowest BCUT2D eigenvalue weighted by Crippen LogP contribution is -2.31. The van der Waals surface area contributed by atoms with Crippen LogP contribution < -0.4 is 10.6 Å². The summed E-state index contributed by atoms with van der Waals surface area (Å²) >= 11 is 0. The van der Waals surface area contributed by atoms with E-state index in [0.717, 1.165) is 42.8 Å². The van der Waals surface area contributed by atoms with E-state index < -0.39 is 0 Å². The van der Waals surface area contributed by atoms with E-state index >= 15 is 0 Å². The number of amides is 1. The Morgan fingerprint density at radius 1 is 1.25 bits per heavy atom. The number of fused-ring (bicyclic) bond motifs is 1. The van der Waals surface area contributed by atoms with Crippen molar-refractivity contribution in [2.45, 2.75) is 32.1 Å². The molecule has 4 rings (SSSR count). The van der Waals surface area contributed by atoms with Gasteiger partial charge in [0.2, 0.25) is 0 Å². The standard InChI is InChI=1S/C17H22N2O/c20-17(14-5-6-16-13(9-14)7-8-18-16)19-10-15(11-1-2-11)12-3-4-12/h5-6,9,11-12,15,18H,1-4,7-8,10H2,(H,19,20). The first-order valence-corrected chi connectivity index (χ1v) is 7.96. The van der Waals surface area contributed by atoms with E-state index in [-0.39, 0.29) is 5.91 Å². The van der Waals surface area contributed by atoms with E-state index in [9.17, 15) is 4.79 Å². The van der Waals surface area contributed by atoms with E-state index in [1.807, 2.05) is 18.2 Å². The van der Waals surface area contributed by atoms with Crippen molar-refractivity contribution in [2.75, 3.05) is 18.4 Å². The smallest absolute Gasteiger partial charge is 0.251 e. The summed E-state index contributed by atoms with van der Waals surface area (Å²) in [5, 5.41) is 6.50. The Morgan fingerprint density at radius 3 is 2.70 bits per heavy atom. The molecule has 0 atom stereocenters. The normalized spacial score (nSPS) is 20.6. The summed E-state index contributed by atoms with van der Waals surface area (Å²) in [4.78, 5) is 12.3. The second-order valence-corrected chi connectivity index (χ2v) is 6.60. The maximum atomic E-state index is 12.3. The molecule has 0 radical (unpaired) electrons. The molecule has 2 saturated carbocycles. The minimum atomic E-state index is 0.103. The molecule has 1 aromatic carbocycles. The molecule has 2 N–H and O–H groups in total. The summed E-state index contributed by atoms with van der Waals surface area (Å²) in [6, 6.07) is 6.03. The van der Waals surface area contributed by atoms with Crippen LogP contribution in [0.4, 0.5) is 5.69 Å². The van der Waals surface area contributed by atoms with Crippen molar-refractivity contribution < 1.29 is 4.79 Å². The molecule has 1 amide bonds. The highest BCUT2D eigenvalue weighted by atomic mass is 16.1. The first kappa shape index (κ1) is 12.2. The van der Waals surface area contributed by atoms with Crippen LogP contribution in [0.5, 0.6) is 0 Å². The van der Waals surface area contributed by atoms with Crippen LogP contribution in [-0.2, 0) is 6.42 Å². The largest absolute Gasteiger partial charge is 0.384 e. The number of carbonyl (C=O) groups is 1. The summed E-state index contributed by atoms with van der Waals surface area (Å²) < 4.78 is 0. The summed E-state index contributed by atoms with van der Waals surface area (Å²) in [6.45, 7) is 1.87. The average molecular weight is 270 g/mol. The molecule has 2 fully saturated rings. The van der Waals surface area contributed by atoms with Crippen LogP contribution >= 0.6 is 0 Å². The highest BCUT2D eigenvalue weighted by Gasteiger charge is 2.41. The van der Waals surface area contributed by atoms with Crippen molar-refractivity contribution in [1.29, 1.82) is 0 Å². The molecule has 1 aliphatic heterocycles. The average Bonchev–Trinajstić information content (AvgIpc) is 3.38. The Morgan fingerprint density at radius 2 is 2.00 bits per heavy atom. The van der Waals surface area contributed by atoms with Crippen molar-refractivity contribution in [1.82, 2.24) is 5.32 Å². The first-order chi connectivity index (χ1) is 9.81. The molecule has 0 spiro atoms. The molecule has 2 aliphatic carbocycles. The minimum absolute atomic E-state index is 0.103. The second-order valence-electron chi connectivity index (χ2n) is 6.60. The van der Waals surface area contributed by atoms with E-state index in [2.05, 4.69) is 10.6 Å². The number of hydrogen-bond acceptors (Lipinski definition) is 2. The monoisotopic (exact) mass is 270 g/mol. The van der Waals surface area contributed by atoms with Crippen LogP contribution in [0.15, 0.2) is 18.2 Å². The van der Waals surface area contributed by atoms with Gasteiger partial charge in [-0.15, -0.1) is 0 Å². The molecular formula is C17H22N2O. The molecule has 0 bridgehead atoms. The van der Waals surface area contributed by atoms with Crippen molar-refractivity contribution in [3.63, 3.8) is 0 Å². The summed E-state index contributed by atoms with van der Waals surface area (Å²) in [6.07, 6.45) is 6.54. The Bertz CT molecular complexity index is 520. The Labute approximate surface area is 120 Å². The van der Waals surface area contributed by atoms with Gasteiger partial charge in [0.15, 0.2) is 0 Å². The van der Waals surface area contributed by atoms with E-state index in [4.69, 9.17) is 0 Å². The van der Waals surface area contributed by atoms with Crippen LogP contribution in [-0.4, -0.2) is 19.0 Å². The molecule has 0 unspecified atom stereocenters. The molecule has 3 nitrogen and oxygen atoms in total. The summed E-state index contributed by atoms with van der Waals surface area (Å²) in [5.74, 6) is 2.64. The Hall–Kier alpha value is -1.51. The topological polar surface area (TPSA) is 41.1 Å². The molecule has 1 heterocycles. The van der Waals surface area contributed by atoms with Crippen molar-refractivity contribution in [2.24, 2.45) is 17.8 Å². The molecule has 3 heteroatoms. The van der Waals surface area contributed by atoms with Gasteiger partial charge in [0.1, 0.15) is 0 Å². The zero-order valence-corrected chi connectivity index (χ0v) is 11.8. The molecule has 0 saturated heterocycles. The van der Waals surface area contributed by atoms with E-state index in [1.165, 1.54) is 36.9 Å². The van der Waals surface area contributed by atoms with Crippen molar-refractivity contribution in [3.8, 4) is 0 Å². The number of rotatable bonds is 5. The first-order valence-electron chi connectivity index (χ1n) is 7.96. The van der Waals surface area contributed by atoms with E-state index in [1.54, 1.807) is 0 Å². The summed E-state index contributed by atoms with van der Waals surface area (Å²) in [5.41, 5.74) is 3.28. The van der Waals surface area contributed by atoms with Gasteiger partial charge in [0.25, 0.3) is 5.91 Å². The Kier molecular flexibility index (Phi) is 2.94. The van der Waals surface area contributed by atoms with Crippen LogP contribution in [0.25, 0.3) is 0 Å². The van der Waals surface area contributed by atoms with Crippen molar-refractivity contribution >= 4 is 11.6 Å². The van der Waals surface area contributed by atoms with Gasteiger partial charge in [0, 0.05) is 24.3 Å². The van der Waals surface area contributed by atoms with Gasteiger partial charge in [-0.2, -0.15) is 0 Å². The van der Waals surface area contributed by atoms with Crippen LogP contribution in [0, 0.1) is 17.8 Å². The number of anilines is 1. The maximum Gasteiger partial charge on any atom is 0.251 e. The molecular weight excluding hydrogens is 248 g/mol. The zero-order chi connectivity index (χ0) is 13.5. The highest BCUT2D eigenvalue weighted by molar-refractivity contribution is 5.95. The van der Waals surface area contributed by atoms with Gasteiger partial charge in [-0.25, -0.2) is 0 Å².